The molecule has 2 aliphatic heterocycles. The highest BCUT2D eigenvalue weighted by Crippen LogP contribution is 2.31. The van der Waals surface area contributed by atoms with Crippen LogP contribution < -0.4 is 9.47 Å². The molecule has 1 fully saturated rings. The summed E-state index contributed by atoms with van der Waals surface area (Å²) in [6.45, 7) is 7.90. The molecule has 0 aliphatic carbocycles. The van der Waals surface area contributed by atoms with Gasteiger partial charge in [0.2, 0.25) is 0 Å². The Morgan fingerprint density at radius 2 is 1.52 bits per heavy atom. The van der Waals surface area contributed by atoms with Gasteiger partial charge in [-0.3, -0.25) is 9.88 Å². The normalized spacial score (nSPS) is 18.2. The molecule has 3 heterocycles. The van der Waals surface area contributed by atoms with Gasteiger partial charge in [-0.25, -0.2) is 0 Å². The van der Waals surface area contributed by atoms with Crippen molar-refractivity contribution in [2.75, 3.05) is 45.9 Å². The summed E-state index contributed by atoms with van der Waals surface area (Å²) in [6, 6.07) is 10.5. The monoisotopic (exact) mass is 339 g/mol. The first-order valence-corrected chi connectivity index (χ1v) is 9.09. The number of rotatable bonds is 5. The van der Waals surface area contributed by atoms with Gasteiger partial charge in [0, 0.05) is 51.7 Å². The van der Waals surface area contributed by atoms with Gasteiger partial charge in [-0.1, -0.05) is 6.07 Å². The molecule has 0 unspecified atom stereocenters. The third-order valence-electron chi connectivity index (χ3n) is 4.94. The molecule has 5 nitrogen and oxygen atoms in total. The lowest BCUT2D eigenvalue weighted by atomic mass is 10.1. The van der Waals surface area contributed by atoms with Crippen LogP contribution in [0, 0.1) is 0 Å². The molecule has 0 amide bonds. The summed E-state index contributed by atoms with van der Waals surface area (Å²) in [5.74, 6) is 1.76. The zero-order chi connectivity index (χ0) is 16.9. The molecule has 0 bridgehead atoms. The average molecular weight is 339 g/mol. The molecule has 0 N–H and O–H groups in total. The van der Waals surface area contributed by atoms with Gasteiger partial charge in [0.1, 0.15) is 13.2 Å². The van der Waals surface area contributed by atoms with Crippen molar-refractivity contribution in [2.45, 2.75) is 13.0 Å². The SMILES string of the molecule is c1cc(CCN2CCN(Cc3ccc4c(c3)OCCO4)CC2)ccn1. The van der Waals surface area contributed by atoms with Gasteiger partial charge in [0.25, 0.3) is 0 Å². The van der Waals surface area contributed by atoms with Gasteiger partial charge in [0.05, 0.1) is 0 Å². The van der Waals surface area contributed by atoms with Crippen molar-refractivity contribution in [1.82, 2.24) is 14.8 Å². The lowest BCUT2D eigenvalue weighted by Gasteiger charge is -2.34. The van der Waals surface area contributed by atoms with Crippen molar-refractivity contribution in [3.63, 3.8) is 0 Å². The molecule has 2 aliphatic rings. The minimum absolute atomic E-state index is 0.645. The molecule has 1 saturated heterocycles. The highest BCUT2D eigenvalue weighted by atomic mass is 16.6. The van der Waals surface area contributed by atoms with Crippen LogP contribution in [0.25, 0.3) is 0 Å². The molecule has 5 heteroatoms. The second-order valence-corrected chi connectivity index (χ2v) is 6.70. The Hall–Kier alpha value is -2.11. The lowest BCUT2D eigenvalue weighted by molar-refractivity contribution is 0.127. The third-order valence-corrected chi connectivity index (χ3v) is 4.94. The van der Waals surface area contributed by atoms with E-state index < -0.39 is 0 Å². The Morgan fingerprint density at radius 3 is 2.32 bits per heavy atom. The molecule has 0 atom stereocenters. The van der Waals surface area contributed by atoms with E-state index in [9.17, 15) is 0 Å². The predicted molar refractivity (Wildman–Crippen MR) is 97.1 cm³/mol. The van der Waals surface area contributed by atoms with Crippen LogP contribution in [-0.2, 0) is 13.0 Å². The van der Waals surface area contributed by atoms with E-state index in [1.54, 1.807) is 0 Å². The van der Waals surface area contributed by atoms with Crippen molar-refractivity contribution in [2.24, 2.45) is 0 Å². The van der Waals surface area contributed by atoms with Gasteiger partial charge < -0.3 is 14.4 Å². The van der Waals surface area contributed by atoms with Crippen LogP contribution in [0.4, 0.5) is 0 Å². The van der Waals surface area contributed by atoms with Gasteiger partial charge in [-0.05, 0) is 41.8 Å². The summed E-state index contributed by atoms with van der Waals surface area (Å²) >= 11 is 0. The Kier molecular flexibility index (Phi) is 5.14. The average Bonchev–Trinajstić information content (AvgIpc) is 2.68. The molecular formula is C20H25N3O2. The van der Waals surface area contributed by atoms with Crippen LogP contribution in [0.3, 0.4) is 0 Å². The van der Waals surface area contributed by atoms with Crippen molar-refractivity contribution < 1.29 is 9.47 Å². The standard InChI is InChI=1S/C20H25N3O2/c1-2-19-20(25-14-13-24-19)15-18(1)16-23-11-9-22(10-12-23)8-5-17-3-6-21-7-4-17/h1-4,6-7,15H,5,8-14,16H2. The van der Waals surface area contributed by atoms with E-state index in [0.29, 0.717) is 13.2 Å². The summed E-state index contributed by atoms with van der Waals surface area (Å²) in [6.07, 6.45) is 4.85. The van der Waals surface area contributed by atoms with Crippen LogP contribution in [0.15, 0.2) is 42.7 Å². The molecule has 2 aromatic rings. The molecule has 4 rings (SSSR count). The molecule has 0 spiro atoms. The minimum Gasteiger partial charge on any atom is -0.486 e. The minimum atomic E-state index is 0.645. The first-order chi connectivity index (χ1) is 12.4. The van der Waals surface area contributed by atoms with E-state index >= 15 is 0 Å². The number of aromatic nitrogens is 1. The smallest absolute Gasteiger partial charge is 0.161 e. The largest absolute Gasteiger partial charge is 0.486 e. The number of nitrogens with zero attached hydrogens (tertiary/aromatic N) is 3. The highest BCUT2D eigenvalue weighted by Gasteiger charge is 2.18. The Labute approximate surface area is 149 Å². The number of hydrogen-bond acceptors (Lipinski definition) is 5. The molecule has 0 radical (unpaired) electrons. The van der Waals surface area contributed by atoms with Crippen LogP contribution in [0.5, 0.6) is 11.5 Å². The molecule has 25 heavy (non-hydrogen) atoms. The van der Waals surface area contributed by atoms with Gasteiger partial charge >= 0.3 is 0 Å². The Morgan fingerprint density at radius 1 is 0.800 bits per heavy atom. The van der Waals surface area contributed by atoms with Crippen molar-refractivity contribution >= 4 is 0 Å². The number of ether oxygens (including phenoxy) is 2. The third kappa shape index (κ3) is 4.30. The van der Waals surface area contributed by atoms with Crippen LogP contribution in [-0.4, -0.2) is 60.7 Å². The highest BCUT2D eigenvalue weighted by molar-refractivity contribution is 5.43. The van der Waals surface area contributed by atoms with E-state index in [0.717, 1.165) is 57.2 Å². The van der Waals surface area contributed by atoms with E-state index in [2.05, 4.69) is 39.0 Å². The number of piperazine rings is 1. The fourth-order valence-corrected chi connectivity index (χ4v) is 3.45. The number of pyridine rings is 1. The van der Waals surface area contributed by atoms with E-state index in [1.165, 1.54) is 11.1 Å². The number of fused-ring (bicyclic) bond motifs is 1. The fourth-order valence-electron chi connectivity index (χ4n) is 3.45. The van der Waals surface area contributed by atoms with Crippen molar-refractivity contribution in [3.8, 4) is 11.5 Å². The maximum absolute atomic E-state index is 5.69. The molecule has 1 aromatic carbocycles. The molecular weight excluding hydrogens is 314 g/mol. The van der Waals surface area contributed by atoms with E-state index in [4.69, 9.17) is 9.47 Å². The van der Waals surface area contributed by atoms with Crippen LogP contribution in [0.2, 0.25) is 0 Å². The zero-order valence-corrected chi connectivity index (χ0v) is 14.6. The van der Waals surface area contributed by atoms with Gasteiger partial charge in [-0.2, -0.15) is 0 Å². The predicted octanol–water partition coefficient (Wildman–Crippen LogP) is 2.21. The van der Waals surface area contributed by atoms with E-state index in [1.807, 2.05) is 18.5 Å². The first kappa shape index (κ1) is 16.4. The quantitative estimate of drug-likeness (QED) is 0.835. The second kappa shape index (κ2) is 7.85. The summed E-state index contributed by atoms with van der Waals surface area (Å²) in [5.41, 5.74) is 2.67. The lowest BCUT2D eigenvalue weighted by Crippen LogP contribution is -2.46. The topological polar surface area (TPSA) is 37.8 Å². The van der Waals surface area contributed by atoms with Gasteiger partial charge in [0.15, 0.2) is 11.5 Å². The molecule has 132 valence electrons. The second-order valence-electron chi connectivity index (χ2n) is 6.70. The van der Waals surface area contributed by atoms with Gasteiger partial charge in [-0.15, -0.1) is 0 Å². The van der Waals surface area contributed by atoms with Crippen LogP contribution in [0.1, 0.15) is 11.1 Å². The Balaban J connectivity index is 1.25. The summed E-state index contributed by atoms with van der Waals surface area (Å²) < 4.78 is 11.3. The zero-order valence-electron chi connectivity index (χ0n) is 14.6. The maximum Gasteiger partial charge on any atom is 0.161 e. The Bertz CT molecular complexity index is 685. The van der Waals surface area contributed by atoms with Crippen LogP contribution >= 0.6 is 0 Å². The summed E-state index contributed by atoms with van der Waals surface area (Å²) in [7, 11) is 0. The fraction of sp³-hybridized carbons (Fsp3) is 0.450. The molecule has 0 saturated carbocycles. The van der Waals surface area contributed by atoms with Crippen molar-refractivity contribution in [3.05, 3.63) is 53.9 Å². The number of hydrogen-bond donors (Lipinski definition) is 0. The first-order valence-electron chi connectivity index (χ1n) is 9.09. The van der Waals surface area contributed by atoms with E-state index in [-0.39, 0.29) is 0 Å². The summed E-state index contributed by atoms with van der Waals surface area (Å²) in [5, 5.41) is 0. The molecule has 1 aromatic heterocycles. The van der Waals surface area contributed by atoms with Crippen molar-refractivity contribution in [1.29, 1.82) is 0 Å². The maximum atomic E-state index is 5.69. The summed E-state index contributed by atoms with van der Waals surface area (Å²) in [4.78, 5) is 9.16. The number of benzene rings is 1.